The Hall–Kier alpha value is -1.24. The molecule has 3 saturated heterocycles. The van der Waals surface area contributed by atoms with E-state index in [0.717, 1.165) is 12.0 Å². The highest BCUT2D eigenvalue weighted by atomic mass is 32.2. The lowest BCUT2D eigenvalue weighted by Gasteiger charge is -2.38. The van der Waals surface area contributed by atoms with Crippen LogP contribution in [0.2, 0.25) is 0 Å². The molecule has 0 N–H and O–H groups in total. The first-order valence-corrected chi connectivity index (χ1v) is 10.3. The molecular weight excluding hydrogens is 328 g/mol. The number of ketones is 1. The Morgan fingerprint density at radius 3 is 2.29 bits per heavy atom. The SMILES string of the molecule is O=C(c1ccccc1C1OCCO1)C1CC2CCCC(C1)S2(=O)=O. The molecule has 5 nitrogen and oxygen atoms in total. The normalized spacial score (nSPS) is 32.6. The van der Waals surface area contributed by atoms with Crippen LogP contribution in [0.15, 0.2) is 24.3 Å². The van der Waals surface area contributed by atoms with E-state index in [1.165, 1.54) is 0 Å². The Bertz CT molecular complexity index is 716. The number of fused-ring (bicyclic) bond motifs is 2. The van der Waals surface area contributed by atoms with Crippen molar-refractivity contribution in [3.8, 4) is 0 Å². The standard InChI is InChI=1S/C18H22O5S/c19-17(12-10-13-4-3-5-14(11-12)24(13,20)21)15-6-1-2-7-16(15)18-22-8-9-23-18/h1-2,6-7,12-14,18H,3-5,8-11H2. The summed E-state index contributed by atoms with van der Waals surface area (Å²) in [4.78, 5) is 13.1. The first-order valence-electron chi connectivity index (χ1n) is 8.66. The number of carbonyl (C=O) groups is 1. The minimum atomic E-state index is -3.04. The molecule has 1 aromatic rings. The number of ether oxygens (including phenoxy) is 2. The molecule has 3 aliphatic rings. The smallest absolute Gasteiger partial charge is 0.184 e. The highest BCUT2D eigenvalue weighted by Gasteiger charge is 2.46. The van der Waals surface area contributed by atoms with Gasteiger partial charge in [-0.25, -0.2) is 8.42 Å². The van der Waals surface area contributed by atoms with Crippen molar-refractivity contribution in [1.82, 2.24) is 0 Å². The van der Waals surface area contributed by atoms with Crippen molar-refractivity contribution in [2.45, 2.75) is 48.9 Å². The summed E-state index contributed by atoms with van der Waals surface area (Å²) in [5.41, 5.74) is 1.38. The highest BCUT2D eigenvalue weighted by molar-refractivity contribution is 7.92. The summed E-state index contributed by atoms with van der Waals surface area (Å²) in [6.45, 7) is 1.05. The molecule has 0 aliphatic carbocycles. The maximum Gasteiger partial charge on any atom is 0.184 e. The average Bonchev–Trinajstić information content (AvgIpc) is 3.07. The molecule has 0 radical (unpaired) electrons. The van der Waals surface area contributed by atoms with Gasteiger partial charge in [0.05, 0.1) is 23.7 Å². The zero-order valence-electron chi connectivity index (χ0n) is 13.5. The van der Waals surface area contributed by atoms with Crippen molar-refractivity contribution < 1.29 is 22.7 Å². The van der Waals surface area contributed by atoms with Gasteiger partial charge in [-0.2, -0.15) is 0 Å². The molecule has 3 heterocycles. The Morgan fingerprint density at radius 1 is 1.00 bits per heavy atom. The van der Waals surface area contributed by atoms with E-state index in [4.69, 9.17) is 9.47 Å². The lowest BCUT2D eigenvalue weighted by Crippen LogP contribution is -2.45. The van der Waals surface area contributed by atoms with Crippen LogP contribution in [-0.4, -0.2) is 37.9 Å². The van der Waals surface area contributed by atoms with Crippen molar-refractivity contribution in [3.05, 3.63) is 35.4 Å². The molecule has 0 aromatic heterocycles. The minimum Gasteiger partial charge on any atom is -0.346 e. The summed E-state index contributed by atoms with van der Waals surface area (Å²) >= 11 is 0. The van der Waals surface area contributed by atoms with Crippen molar-refractivity contribution in [2.75, 3.05) is 13.2 Å². The van der Waals surface area contributed by atoms with E-state index in [2.05, 4.69) is 0 Å². The number of Topliss-reactive ketones (excluding diaryl/α,β-unsaturated/α-hetero) is 1. The zero-order chi connectivity index (χ0) is 16.7. The van der Waals surface area contributed by atoms with Gasteiger partial charge in [0.25, 0.3) is 0 Å². The minimum absolute atomic E-state index is 0.0384. The molecule has 130 valence electrons. The fourth-order valence-corrected chi connectivity index (χ4v) is 6.84. The van der Waals surface area contributed by atoms with Crippen molar-refractivity contribution in [1.29, 1.82) is 0 Å². The quantitative estimate of drug-likeness (QED) is 0.784. The van der Waals surface area contributed by atoms with E-state index >= 15 is 0 Å². The topological polar surface area (TPSA) is 69.7 Å². The van der Waals surface area contributed by atoms with E-state index in [0.29, 0.717) is 44.5 Å². The number of sulfone groups is 1. The second kappa shape index (κ2) is 6.24. The summed E-state index contributed by atoms with van der Waals surface area (Å²) in [7, 11) is -3.04. The first-order chi connectivity index (χ1) is 11.6. The summed E-state index contributed by atoms with van der Waals surface area (Å²) in [5, 5.41) is -0.685. The fourth-order valence-electron chi connectivity index (χ4n) is 4.31. The molecule has 4 rings (SSSR count). The zero-order valence-corrected chi connectivity index (χ0v) is 14.3. The van der Waals surface area contributed by atoms with Crippen LogP contribution in [0.4, 0.5) is 0 Å². The van der Waals surface area contributed by atoms with Crippen LogP contribution in [0.1, 0.15) is 54.3 Å². The van der Waals surface area contributed by atoms with Gasteiger partial charge in [-0.1, -0.05) is 30.7 Å². The Kier molecular flexibility index (Phi) is 4.22. The van der Waals surface area contributed by atoms with Gasteiger partial charge in [0, 0.05) is 17.0 Å². The van der Waals surface area contributed by atoms with Gasteiger partial charge in [-0.15, -0.1) is 0 Å². The Morgan fingerprint density at radius 2 is 1.62 bits per heavy atom. The van der Waals surface area contributed by atoms with Gasteiger partial charge >= 0.3 is 0 Å². The van der Waals surface area contributed by atoms with Gasteiger partial charge < -0.3 is 9.47 Å². The predicted molar refractivity (Wildman–Crippen MR) is 88.5 cm³/mol. The number of carbonyl (C=O) groups excluding carboxylic acids is 1. The van der Waals surface area contributed by atoms with Crippen LogP contribution in [0.25, 0.3) is 0 Å². The maximum atomic E-state index is 13.1. The van der Waals surface area contributed by atoms with E-state index in [1.807, 2.05) is 24.3 Å². The molecular formula is C18H22O5S. The van der Waals surface area contributed by atoms with E-state index in [9.17, 15) is 13.2 Å². The monoisotopic (exact) mass is 350 g/mol. The van der Waals surface area contributed by atoms with Crippen LogP contribution in [0.5, 0.6) is 0 Å². The number of hydrogen-bond donors (Lipinski definition) is 0. The third-order valence-corrected chi connectivity index (χ3v) is 8.26. The van der Waals surface area contributed by atoms with Crippen LogP contribution in [-0.2, 0) is 19.3 Å². The number of benzene rings is 1. The molecule has 0 spiro atoms. The molecule has 2 unspecified atom stereocenters. The van der Waals surface area contributed by atoms with Gasteiger partial charge in [0.1, 0.15) is 0 Å². The van der Waals surface area contributed by atoms with Crippen molar-refractivity contribution >= 4 is 15.6 Å². The summed E-state index contributed by atoms with van der Waals surface area (Å²) in [5.74, 6) is -0.178. The predicted octanol–water partition coefficient (Wildman–Crippen LogP) is 2.66. The van der Waals surface area contributed by atoms with E-state index < -0.39 is 16.1 Å². The van der Waals surface area contributed by atoms with Crippen LogP contribution in [0, 0.1) is 5.92 Å². The third kappa shape index (κ3) is 2.70. The van der Waals surface area contributed by atoms with Gasteiger partial charge in [0.15, 0.2) is 21.9 Å². The third-order valence-electron chi connectivity index (χ3n) is 5.55. The summed E-state index contributed by atoms with van der Waals surface area (Å²) in [6, 6.07) is 7.38. The van der Waals surface area contributed by atoms with Gasteiger partial charge in [-0.05, 0) is 25.7 Å². The molecule has 24 heavy (non-hydrogen) atoms. The molecule has 0 amide bonds. The van der Waals surface area contributed by atoms with Crippen LogP contribution < -0.4 is 0 Å². The van der Waals surface area contributed by atoms with Crippen LogP contribution in [0.3, 0.4) is 0 Å². The lowest BCUT2D eigenvalue weighted by atomic mass is 9.83. The second-order valence-corrected chi connectivity index (χ2v) is 9.47. The van der Waals surface area contributed by atoms with E-state index in [-0.39, 0.29) is 22.2 Å². The van der Waals surface area contributed by atoms with Crippen molar-refractivity contribution in [2.24, 2.45) is 5.92 Å². The fraction of sp³-hybridized carbons (Fsp3) is 0.611. The molecule has 3 fully saturated rings. The van der Waals surface area contributed by atoms with Gasteiger partial charge in [0.2, 0.25) is 0 Å². The summed E-state index contributed by atoms with van der Waals surface area (Å²) < 4.78 is 36.0. The second-order valence-electron chi connectivity index (χ2n) is 6.96. The molecule has 2 bridgehead atoms. The summed E-state index contributed by atoms with van der Waals surface area (Å²) in [6.07, 6.45) is 2.77. The lowest BCUT2D eigenvalue weighted by molar-refractivity contribution is -0.0445. The van der Waals surface area contributed by atoms with Crippen LogP contribution >= 0.6 is 0 Å². The first kappa shape index (κ1) is 16.2. The molecule has 2 atom stereocenters. The van der Waals surface area contributed by atoms with E-state index in [1.54, 1.807) is 0 Å². The maximum absolute atomic E-state index is 13.1. The number of rotatable bonds is 3. The average molecular weight is 350 g/mol. The Balaban J connectivity index is 1.61. The molecule has 3 aliphatic heterocycles. The molecule has 0 saturated carbocycles. The number of hydrogen-bond acceptors (Lipinski definition) is 5. The van der Waals surface area contributed by atoms with Crippen molar-refractivity contribution in [3.63, 3.8) is 0 Å². The molecule has 1 aromatic carbocycles. The molecule has 6 heteroatoms. The highest BCUT2D eigenvalue weighted by Crippen LogP contribution is 2.41. The van der Waals surface area contributed by atoms with Gasteiger partial charge in [-0.3, -0.25) is 4.79 Å². The Labute approximate surface area is 142 Å². The largest absolute Gasteiger partial charge is 0.346 e.